The molecule has 0 aliphatic heterocycles. The molecule has 0 bridgehead atoms. The Kier molecular flexibility index (Phi) is 15.5. The van der Waals surface area contributed by atoms with E-state index >= 15 is 0 Å². The fourth-order valence-corrected chi connectivity index (χ4v) is 3.30. The van der Waals surface area contributed by atoms with Gasteiger partial charge in [0, 0.05) is 37.3 Å². The van der Waals surface area contributed by atoms with Gasteiger partial charge in [0.25, 0.3) is 5.91 Å². The Balaban J connectivity index is 2.56. The van der Waals surface area contributed by atoms with Gasteiger partial charge in [-0.3, -0.25) is 9.79 Å². The van der Waals surface area contributed by atoms with Crippen LogP contribution in [0.15, 0.2) is 52.2 Å². The van der Waals surface area contributed by atoms with E-state index in [-0.39, 0.29) is 17.0 Å². The van der Waals surface area contributed by atoms with Crippen molar-refractivity contribution in [1.82, 2.24) is 9.55 Å². The number of nitrogens with two attached hydrogens (primary N) is 2. The Labute approximate surface area is 207 Å². The lowest BCUT2D eigenvalue weighted by atomic mass is 9.99. The Hall–Kier alpha value is -2.53. The first kappa shape index (κ1) is 29.5. The standard InChI is InChI=1S/C24H38N6O3S/c1-5-7-10-27-19(3)8-16-34-24(26)29-23(31)21(6-2)17-22-20(4)30(18-28-22)11-13-33-15-14-32-12-9-25/h5,7-8,10,16,18,21H,3,6,9,11-15,17,25H2,1-2,4H3,(H2,26,29,31)/b7-5-,16-8?,27-10?. The summed E-state index contributed by atoms with van der Waals surface area (Å²) in [5, 5.41) is 1.89. The molecule has 0 saturated heterocycles. The van der Waals surface area contributed by atoms with E-state index in [1.54, 1.807) is 24.0 Å². The number of amides is 1. The number of allylic oxidation sites excluding steroid dienone is 3. The minimum atomic E-state index is -0.290. The molecular formula is C24H38N6O3S. The molecule has 10 heteroatoms. The first-order valence-corrected chi connectivity index (χ1v) is 12.2. The Morgan fingerprint density at radius 2 is 2.06 bits per heavy atom. The molecule has 0 saturated carbocycles. The van der Waals surface area contributed by atoms with Crippen LogP contribution < -0.4 is 11.5 Å². The lowest BCUT2D eigenvalue weighted by molar-refractivity contribution is -0.121. The molecule has 9 nitrogen and oxygen atoms in total. The zero-order valence-electron chi connectivity index (χ0n) is 20.5. The third-order valence-corrected chi connectivity index (χ3v) is 5.39. The van der Waals surface area contributed by atoms with Crippen LogP contribution in [-0.2, 0) is 27.2 Å². The van der Waals surface area contributed by atoms with Gasteiger partial charge in [-0.1, -0.05) is 31.3 Å². The second-order valence-electron chi connectivity index (χ2n) is 7.30. The maximum atomic E-state index is 12.7. The van der Waals surface area contributed by atoms with Crippen LogP contribution in [0.1, 0.15) is 31.7 Å². The maximum Gasteiger partial charge on any atom is 0.251 e. The summed E-state index contributed by atoms with van der Waals surface area (Å²) in [6.45, 7) is 13.0. The smallest absolute Gasteiger partial charge is 0.251 e. The second-order valence-corrected chi connectivity index (χ2v) is 8.22. The molecule has 1 aromatic rings. The molecule has 1 rings (SSSR count). The molecule has 0 spiro atoms. The van der Waals surface area contributed by atoms with Crippen molar-refractivity contribution in [1.29, 1.82) is 0 Å². The molecule has 188 valence electrons. The molecule has 1 unspecified atom stereocenters. The number of aromatic nitrogens is 2. The molecule has 34 heavy (non-hydrogen) atoms. The van der Waals surface area contributed by atoms with Crippen molar-refractivity contribution in [2.75, 3.05) is 33.0 Å². The number of rotatable bonds is 16. The van der Waals surface area contributed by atoms with Crippen molar-refractivity contribution in [3.63, 3.8) is 0 Å². The van der Waals surface area contributed by atoms with Gasteiger partial charge >= 0.3 is 0 Å². The van der Waals surface area contributed by atoms with E-state index in [9.17, 15) is 4.79 Å². The average Bonchev–Trinajstić information content (AvgIpc) is 3.15. The van der Waals surface area contributed by atoms with Crippen LogP contribution >= 0.6 is 11.8 Å². The summed E-state index contributed by atoms with van der Waals surface area (Å²) in [5.74, 6) is -0.540. The van der Waals surface area contributed by atoms with E-state index in [0.29, 0.717) is 58.1 Å². The number of hydrogen-bond acceptors (Lipinski definition) is 7. The highest BCUT2D eigenvalue weighted by atomic mass is 32.2. The van der Waals surface area contributed by atoms with Gasteiger partial charge in [-0.05, 0) is 37.8 Å². The largest absolute Gasteiger partial charge is 0.378 e. The van der Waals surface area contributed by atoms with Gasteiger partial charge in [0.05, 0.1) is 44.1 Å². The van der Waals surface area contributed by atoms with Gasteiger partial charge in [-0.15, -0.1) is 0 Å². The van der Waals surface area contributed by atoms with Crippen LogP contribution in [0.2, 0.25) is 0 Å². The highest BCUT2D eigenvalue weighted by Gasteiger charge is 2.20. The van der Waals surface area contributed by atoms with Gasteiger partial charge in [0.1, 0.15) is 0 Å². The maximum absolute atomic E-state index is 12.7. The monoisotopic (exact) mass is 490 g/mol. The van der Waals surface area contributed by atoms with Gasteiger partial charge in [0.2, 0.25) is 0 Å². The summed E-state index contributed by atoms with van der Waals surface area (Å²) in [6, 6.07) is 0. The minimum Gasteiger partial charge on any atom is -0.378 e. The Morgan fingerprint density at radius 1 is 1.32 bits per heavy atom. The predicted octanol–water partition coefficient (Wildman–Crippen LogP) is 3.00. The predicted molar refractivity (Wildman–Crippen MR) is 141 cm³/mol. The van der Waals surface area contributed by atoms with Crippen molar-refractivity contribution < 1.29 is 14.3 Å². The quantitative estimate of drug-likeness (QED) is 0.158. The number of ether oxygens (including phenoxy) is 2. The molecule has 0 aliphatic rings. The third kappa shape index (κ3) is 12.1. The van der Waals surface area contributed by atoms with Crippen molar-refractivity contribution in [3.8, 4) is 0 Å². The van der Waals surface area contributed by atoms with Crippen LogP contribution in [0.5, 0.6) is 0 Å². The lowest BCUT2D eigenvalue weighted by Crippen LogP contribution is -2.19. The van der Waals surface area contributed by atoms with Crippen LogP contribution in [0.4, 0.5) is 0 Å². The van der Waals surface area contributed by atoms with Gasteiger partial charge in [-0.2, -0.15) is 4.99 Å². The Morgan fingerprint density at radius 3 is 2.74 bits per heavy atom. The summed E-state index contributed by atoms with van der Waals surface area (Å²) in [7, 11) is 0. The van der Waals surface area contributed by atoms with Crippen LogP contribution in [0.3, 0.4) is 0 Å². The fraction of sp³-hybridized carbons (Fsp3) is 0.500. The first-order chi connectivity index (χ1) is 16.4. The molecule has 4 N–H and O–H groups in total. The van der Waals surface area contributed by atoms with E-state index < -0.39 is 0 Å². The van der Waals surface area contributed by atoms with E-state index in [1.807, 2.05) is 37.5 Å². The molecule has 1 amide bonds. The number of aliphatic imine (C=N–C) groups is 2. The van der Waals surface area contributed by atoms with E-state index in [1.165, 1.54) is 0 Å². The molecule has 1 heterocycles. The number of hydrogen-bond donors (Lipinski definition) is 2. The van der Waals surface area contributed by atoms with Crippen molar-refractivity contribution in [2.45, 2.75) is 40.2 Å². The summed E-state index contributed by atoms with van der Waals surface area (Å²) >= 11 is 1.16. The second kappa shape index (κ2) is 17.9. The van der Waals surface area contributed by atoms with Crippen LogP contribution in [0, 0.1) is 12.8 Å². The van der Waals surface area contributed by atoms with E-state index in [2.05, 4.69) is 21.5 Å². The minimum absolute atomic E-state index is 0.180. The van der Waals surface area contributed by atoms with Crippen LogP contribution in [-0.4, -0.2) is 59.8 Å². The molecule has 0 aromatic carbocycles. The fourth-order valence-electron chi connectivity index (χ4n) is 2.80. The zero-order valence-corrected chi connectivity index (χ0v) is 21.3. The highest BCUT2D eigenvalue weighted by Crippen LogP contribution is 2.17. The van der Waals surface area contributed by atoms with E-state index in [0.717, 1.165) is 23.1 Å². The molecule has 0 aliphatic carbocycles. The summed E-state index contributed by atoms with van der Waals surface area (Å²) in [6.07, 6.45) is 9.98. The van der Waals surface area contributed by atoms with Crippen LogP contribution in [0.25, 0.3) is 0 Å². The molecule has 1 aromatic heterocycles. The zero-order chi connectivity index (χ0) is 25.2. The Bertz CT molecular complexity index is 876. The van der Waals surface area contributed by atoms with E-state index in [4.69, 9.17) is 20.9 Å². The average molecular weight is 491 g/mol. The van der Waals surface area contributed by atoms with Gasteiger partial charge < -0.3 is 25.5 Å². The molecule has 0 radical (unpaired) electrons. The molecule has 1 atom stereocenters. The SMILES string of the molecule is C=C(C=CSC(N)=NC(=O)C(CC)Cc1ncn(CCOCCOCCN)c1C)N=C/C=C\C. The lowest BCUT2D eigenvalue weighted by Gasteiger charge is -2.11. The summed E-state index contributed by atoms with van der Waals surface area (Å²) in [4.78, 5) is 25.4. The number of carbonyl (C=O) groups is 1. The van der Waals surface area contributed by atoms with Gasteiger partial charge in [-0.25, -0.2) is 4.98 Å². The normalized spacial score (nSPS) is 13.5. The summed E-state index contributed by atoms with van der Waals surface area (Å²) < 4.78 is 12.9. The highest BCUT2D eigenvalue weighted by molar-refractivity contribution is 8.16. The van der Waals surface area contributed by atoms with Crippen molar-refractivity contribution in [2.24, 2.45) is 27.4 Å². The molecular weight excluding hydrogens is 452 g/mol. The third-order valence-electron chi connectivity index (χ3n) is 4.78. The summed E-state index contributed by atoms with van der Waals surface area (Å²) in [5.41, 5.74) is 13.8. The number of thioether (sulfide) groups is 1. The first-order valence-electron chi connectivity index (χ1n) is 11.3. The topological polar surface area (TPSA) is 130 Å². The van der Waals surface area contributed by atoms with Crippen molar-refractivity contribution in [3.05, 3.63) is 53.6 Å². The number of nitrogens with zero attached hydrogens (tertiary/aromatic N) is 4. The number of imidazole rings is 1. The van der Waals surface area contributed by atoms with Gasteiger partial charge in [0.15, 0.2) is 5.17 Å². The molecule has 0 fully saturated rings. The number of carbonyl (C=O) groups excluding carboxylic acids is 1. The van der Waals surface area contributed by atoms with Crippen molar-refractivity contribution >= 4 is 29.1 Å². The number of amidine groups is 1.